The molecule has 0 aliphatic heterocycles. The van der Waals surface area contributed by atoms with E-state index in [4.69, 9.17) is 59.2 Å². The van der Waals surface area contributed by atoms with E-state index in [9.17, 15) is 4.79 Å². The minimum Gasteiger partial charge on any atom is -0.492 e. The van der Waals surface area contributed by atoms with Gasteiger partial charge in [0, 0.05) is 76.7 Å². The van der Waals surface area contributed by atoms with Crippen LogP contribution in [0.2, 0.25) is 15.1 Å². The molecule has 0 aliphatic carbocycles. The fraction of sp³-hybridized carbons (Fsp3) is 0.275. The number of halogens is 3. The predicted molar refractivity (Wildman–Crippen MR) is 215 cm³/mol. The van der Waals surface area contributed by atoms with Gasteiger partial charge in [-0.2, -0.15) is 4.98 Å². The Labute approximate surface area is 334 Å². The molecule has 4 N–H and O–H groups in total. The van der Waals surface area contributed by atoms with Gasteiger partial charge in [0.25, 0.3) is 0 Å². The minimum absolute atomic E-state index is 0.0680. The van der Waals surface area contributed by atoms with Crippen LogP contribution in [0.15, 0.2) is 90.1 Å². The Balaban J connectivity index is 1.31. The highest BCUT2D eigenvalue weighted by Crippen LogP contribution is 2.41. The third kappa shape index (κ3) is 11.7. The molecule has 0 unspecified atom stereocenters. The highest BCUT2D eigenvalue weighted by atomic mass is 35.5. The van der Waals surface area contributed by atoms with Crippen molar-refractivity contribution in [2.45, 2.75) is 37.5 Å². The quantitative estimate of drug-likeness (QED) is 0.0420. The van der Waals surface area contributed by atoms with Crippen LogP contribution < -0.4 is 24.8 Å². The van der Waals surface area contributed by atoms with Gasteiger partial charge in [-0.3, -0.25) is 9.78 Å². The summed E-state index contributed by atoms with van der Waals surface area (Å²) in [4.78, 5) is 20.9. The maximum absolute atomic E-state index is 10.9. The van der Waals surface area contributed by atoms with Crippen LogP contribution in [0.1, 0.15) is 29.5 Å². The van der Waals surface area contributed by atoms with E-state index in [0.29, 0.717) is 66.3 Å². The average molecular weight is 812 g/mol. The second-order valence-corrected chi connectivity index (χ2v) is 14.1. The molecule has 284 valence electrons. The molecule has 0 aliphatic rings. The first kappa shape index (κ1) is 41.1. The van der Waals surface area contributed by atoms with E-state index in [0.717, 1.165) is 38.5 Å². The molecule has 5 rings (SSSR count). The molecule has 0 radical (unpaired) electrons. The number of aliphatic hydroxyl groups excluding tert-OH is 1. The lowest BCUT2D eigenvalue weighted by Crippen LogP contribution is -2.23. The molecule has 0 spiro atoms. The number of carbonyl (C=O) groups is 1. The number of carboxylic acid groups (broad SMARTS) is 1. The van der Waals surface area contributed by atoms with Crippen molar-refractivity contribution in [3.8, 4) is 39.8 Å². The van der Waals surface area contributed by atoms with Crippen molar-refractivity contribution >= 4 is 52.5 Å². The number of aromatic nitrogens is 2. The maximum atomic E-state index is 10.9. The van der Waals surface area contributed by atoms with Gasteiger partial charge in [-0.1, -0.05) is 83.3 Å². The smallest absolute Gasteiger partial charge is 0.303 e. The maximum Gasteiger partial charge on any atom is 0.303 e. The van der Waals surface area contributed by atoms with Crippen LogP contribution in [0, 0.1) is 0 Å². The van der Waals surface area contributed by atoms with Crippen LogP contribution in [0.25, 0.3) is 22.3 Å². The second kappa shape index (κ2) is 21.1. The zero-order valence-electron chi connectivity index (χ0n) is 29.6. The van der Waals surface area contributed by atoms with Crippen molar-refractivity contribution in [2.75, 3.05) is 39.1 Å². The fourth-order valence-corrected chi connectivity index (χ4v) is 6.71. The number of carboxylic acids is 1. The van der Waals surface area contributed by atoms with E-state index in [-0.39, 0.29) is 37.1 Å². The highest BCUT2D eigenvalue weighted by molar-refractivity contribution is 7.98. The Hall–Kier alpha value is -4.07. The largest absolute Gasteiger partial charge is 0.492 e. The Morgan fingerprint density at radius 1 is 0.796 bits per heavy atom. The Bertz CT molecular complexity index is 2000. The Morgan fingerprint density at radius 3 is 2.30 bits per heavy atom. The number of hydrogen-bond donors (Lipinski definition) is 4. The zero-order chi connectivity index (χ0) is 38.3. The number of nitrogens with zero attached hydrogens (tertiary/aromatic N) is 2. The van der Waals surface area contributed by atoms with Gasteiger partial charge in [0.15, 0.2) is 0 Å². The van der Waals surface area contributed by atoms with Gasteiger partial charge >= 0.3 is 5.97 Å². The van der Waals surface area contributed by atoms with Crippen molar-refractivity contribution in [3.05, 3.63) is 117 Å². The molecule has 0 saturated carbocycles. The lowest BCUT2D eigenvalue weighted by molar-refractivity contribution is -0.137. The number of rotatable bonds is 21. The third-order valence-corrected chi connectivity index (χ3v) is 9.98. The molecule has 0 saturated heterocycles. The summed E-state index contributed by atoms with van der Waals surface area (Å²) in [5, 5.41) is 25.5. The third-order valence-electron chi connectivity index (χ3n) is 8.16. The lowest BCUT2D eigenvalue weighted by atomic mass is 9.97. The van der Waals surface area contributed by atoms with Crippen molar-refractivity contribution in [1.82, 2.24) is 20.6 Å². The predicted octanol–water partition coefficient (Wildman–Crippen LogP) is 8.57. The van der Waals surface area contributed by atoms with Crippen LogP contribution in [-0.4, -0.2) is 65.3 Å². The van der Waals surface area contributed by atoms with E-state index in [2.05, 4.69) is 20.6 Å². The second-order valence-electron chi connectivity index (χ2n) is 12.0. The van der Waals surface area contributed by atoms with Gasteiger partial charge in [-0.05, 0) is 49.1 Å². The molecule has 0 fully saturated rings. The summed E-state index contributed by atoms with van der Waals surface area (Å²) < 4.78 is 18.1. The molecule has 5 aromatic rings. The van der Waals surface area contributed by atoms with Crippen molar-refractivity contribution < 1.29 is 29.2 Å². The molecule has 2 heterocycles. The molecule has 0 amide bonds. The van der Waals surface area contributed by atoms with Crippen molar-refractivity contribution in [2.24, 2.45) is 0 Å². The number of pyridine rings is 2. The fourth-order valence-electron chi connectivity index (χ4n) is 5.42. The van der Waals surface area contributed by atoms with Crippen LogP contribution >= 0.6 is 46.6 Å². The first-order valence-electron chi connectivity index (χ1n) is 17.2. The van der Waals surface area contributed by atoms with Crippen molar-refractivity contribution in [3.63, 3.8) is 0 Å². The highest BCUT2D eigenvalue weighted by Gasteiger charge is 2.18. The SMILES string of the molecule is CSc1cncc(COc2nc(OCc3cccc(-c4cccc(-c5ccc(OCCNCCO)cc5)c4Cl)c3Cl)c(Cl)cc2CNCCCC(=O)O)c1. The molecule has 0 atom stereocenters. The summed E-state index contributed by atoms with van der Waals surface area (Å²) in [5.41, 5.74) is 5.55. The van der Waals surface area contributed by atoms with Crippen LogP contribution in [0.3, 0.4) is 0 Å². The van der Waals surface area contributed by atoms with E-state index >= 15 is 0 Å². The normalized spacial score (nSPS) is 11.1. The summed E-state index contributed by atoms with van der Waals surface area (Å²) in [6.07, 6.45) is 6.05. The molecule has 0 bridgehead atoms. The van der Waals surface area contributed by atoms with Gasteiger partial charge < -0.3 is 35.1 Å². The molecule has 2 aromatic heterocycles. The van der Waals surface area contributed by atoms with Crippen LogP contribution in [0.4, 0.5) is 0 Å². The standard InChI is InChI=1S/C40H41Cl3N4O6S/c1-54-31-19-26(21-46-23-31)24-52-39-29(22-45-14-4-9-36(49)50)20-35(41)40(47-39)53-25-28-5-2-7-33(37(28)42)34-8-3-6-32(38(34)43)27-10-12-30(13-11-27)51-18-16-44-15-17-48/h2-3,5-8,10-13,19-21,23,44-45,48H,4,9,14-18,22,24-25H2,1H3,(H,49,50). The number of thioether (sulfide) groups is 1. The average Bonchev–Trinajstić information content (AvgIpc) is 3.18. The number of hydrogen-bond acceptors (Lipinski definition) is 10. The number of aliphatic carboxylic acids is 1. The first-order valence-corrected chi connectivity index (χ1v) is 19.6. The van der Waals surface area contributed by atoms with Gasteiger partial charge in [0.1, 0.15) is 30.6 Å². The molecule has 10 nitrogen and oxygen atoms in total. The molecular weight excluding hydrogens is 771 g/mol. The van der Waals surface area contributed by atoms with Gasteiger partial charge in [0.05, 0.1) is 16.7 Å². The minimum atomic E-state index is -0.844. The van der Waals surface area contributed by atoms with Gasteiger partial charge in [0.2, 0.25) is 11.8 Å². The Morgan fingerprint density at radius 2 is 1.54 bits per heavy atom. The summed E-state index contributed by atoms with van der Waals surface area (Å²) in [6.45, 7) is 2.88. The molecule has 14 heteroatoms. The molecular formula is C40H41Cl3N4O6S. The molecule has 3 aromatic carbocycles. The number of nitrogens with one attached hydrogen (secondary N) is 2. The number of ether oxygens (including phenoxy) is 3. The van der Waals surface area contributed by atoms with E-state index in [1.807, 2.05) is 73.0 Å². The van der Waals surface area contributed by atoms with Crippen molar-refractivity contribution in [1.29, 1.82) is 0 Å². The van der Waals surface area contributed by atoms with Gasteiger partial charge in [-0.15, -0.1) is 11.8 Å². The number of aliphatic hydroxyl groups is 1. The first-order chi connectivity index (χ1) is 26.3. The lowest BCUT2D eigenvalue weighted by Gasteiger charge is -2.16. The summed E-state index contributed by atoms with van der Waals surface area (Å²) in [7, 11) is 0. The Kier molecular flexibility index (Phi) is 16.1. The summed E-state index contributed by atoms with van der Waals surface area (Å²) in [6, 6.07) is 22.9. The van der Waals surface area contributed by atoms with E-state index in [1.54, 1.807) is 30.2 Å². The van der Waals surface area contributed by atoms with Crippen LogP contribution in [-0.2, 0) is 24.6 Å². The van der Waals surface area contributed by atoms with E-state index < -0.39 is 5.97 Å². The topological polar surface area (TPSA) is 135 Å². The zero-order valence-corrected chi connectivity index (χ0v) is 32.7. The summed E-state index contributed by atoms with van der Waals surface area (Å²) in [5.74, 6) is 0.391. The van der Waals surface area contributed by atoms with E-state index in [1.165, 1.54) is 0 Å². The summed E-state index contributed by atoms with van der Waals surface area (Å²) >= 11 is 22.3. The monoisotopic (exact) mass is 810 g/mol. The van der Waals surface area contributed by atoms with Crippen LogP contribution in [0.5, 0.6) is 17.5 Å². The van der Waals surface area contributed by atoms with Gasteiger partial charge in [-0.25, -0.2) is 0 Å². The number of benzene rings is 3. The molecule has 54 heavy (non-hydrogen) atoms.